The van der Waals surface area contributed by atoms with Gasteiger partial charge in [-0.1, -0.05) is 51.2 Å². The fourth-order valence-electron chi connectivity index (χ4n) is 2.79. The molecule has 30 heavy (non-hydrogen) atoms. The highest BCUT2D eigenvalue weighted by molar-refractivity contribution is 9.10. The maximum atomic E-state index is 12.3. The Labute approximate surface area is 190 Å². The first-order valence-corrected chi connectivity index (χ1v) is 11.7. The number of carbonyl (C=O) groups is 1. The number of para-hydroxylation sites is 1. The number of halogens is 1. The van der Waals surface area contributed by atoms with E-state index in [0.29, 0.717) is 16.1 Å². The molecule has 4 aromatic rings. The minimum atomic E-state index is -0.283. The zero-order chi connectivity index (χ0) is 21.1. The molecule has 1 atom stereocenters. The van der Waals surface area contributed by atoms with Crippen molar-refractivity contribution < 1.29 is 9.53 Å². The van der Waals surface area contributed by atoms with Gasteiger partial charge in [0.05, 0.1) is 16.0 Å². The van der Waals surface area contributed by atoms with Gasteiger partial charge in [-0.3, -0.25) is 4.79 Å². The second kappa shape index (κ2) is 9.15. The fourth-order valence-corrected chi connectivity index (χ4v) is 4.65. The average Bonchev–Trinajstić information content (AvgIpc) is 3.30. The number of benzene rings is 2. The van der Waals surface area contributed by atoms with Gasteiger partial charge in [-0.25, -0.2) is 4.98 Å². The van der Waals surface area contributed by atoms with Crippen molar-refractivity contribution in [2.75, 3.05) is 11.1 Å². The lowest BCUT2D eigenvalue weighted by Crippen LogP contribution is -2.14. The van der Waals surface area contributed by atoms with Gasteiger partial charge in [0.2, 0.25) is 5.91 Å². The van der Waals surface area contributed by atoms with Crippen molar-refractivity contribution in [3.05, 3.63) is 58.8 Å². The van der Waals surface area contributed by atoms with E-state index in [9.17, 15) is 4.79 Å². The molecular formula is C20H18BrN5O2S2. The van der Waals surface area contributed by atoms with Crippen LogP contribution in [0.1, 0.15) is 18.9 Å². The summed E-state index contributed by atoms with van der Waals surface area (Å²) in [6.45, 7) is 1.92. The molecule has 0 saturated heterocycles. The lowest BCUT2D eigenvalue weighted by Gasteiger charge is -2.14. The highest BCUT2D eigenvalue weighted by atomic mass is 79.9. The Morgan fingerprint density at radius 2 is 2.00 bits per heavy atom. The molecule has 0 aliphatic heterocycles. The van der Waals surface area contributed by atoms with Crippen LogP contribution in [0, 0.1) is 0 Å². The number of anilines is 1. The van der Waals surface area contributed by atoms with E-state index in [0.717, 1.165) is 20.4 Å². The van der Waals surface area contributed by atoms with Gasteiger partial charge >= 0.3 is 0 Å². The van der Waals surface area contributed by atoms with Crippen LogP contribution in [0.2, 0.25) is 0 Å². The van der Waals surface area contributed by atoms with Crippen molar-refractivity contribution in [3.8, 4) is 5.75 Å². The van der Waals surface area contributed by atoms with E-state index in [2.05, 4.69) is 36.4 Å². The van der Waals surface area contributed by atoms with Crippen molar-refractivity contribution in [1.82, 2.24) is 19.7 Å². The Morgan fingerprint density at radius 1 is 1.23 bits per heavy atom. The van der Waals surface area contributed by atoms with Crippen molar-refractivity contribution >= 4 is 60.3 Å². The third-order valence-corrected chi connectivity index (χ3v) is 6.73. The van der Waals surface area contributed by atoms with Crippen molar-refractivity contribution in [1.29, 1.82) is 0 Å². The molecule has 1 unspecified atom stereocenters. The molecule has 2 aromatic carbocycles. The van der Waals surface area contributed by atoms with Gasteiger partial charge in [0, 0.05) is 11.5 Å². The van der Waals surface area contributed by atoms with Crippen LogP contribution in [-0.4, -0.2) is 31.4 Å². The average molecular weight is 504 g/mol. The molecule has 2 heterocycles. The summed E-state index contributed by atoms with van der Waals surface area (Å²) in [7, 11) is 1.87. The normalized spacial score (nSPS) is 12.1. The summed E-state index contributed by atoms with van der Waals surface area (Å²) in [5, 5.41) is 12.5. The van der Waals surface area contributed by atoms with Crippen LogP contribution < -0.4 is 10.1 Å². The minimum Gasteiger partial charge on any atom is -0.483 e. The predicted molar refractivity (Wildman–Crippen MR) is 123 cm³/mol. The number of thiazole rings is 1. The Kier molecular flexibility index (Phi) is 6.35. The number of amides is 1. The molecule has 0 spiro atoms. The second-order valence-corrected chi connectivity index (χ2v) is 9.33. The lowest BCUT2D eigenvalue weighted by molar-refractivity contribution is -0.113. The fraction of sp³-hybridized carbons (Fsp3) is 0.200. The molecule has 154 valence electrons. The summed E-state index contributed by atoms with van der Waals surface area (Å²) >= 11 is 6.18. The number of thioether (sulfide) groups is 1. The first kappa shape index (κ1) is 20.8. The molecule has 0 aliphatic rings. The topological polar surface area (TPSA) is 81.9 Å². The summed E-state index contributed by atoms with van der Waals surface area (Å²) in [6.07, 6.45) is -0.283. The number of aromatic nitrogens is 4. The zero-order valence-electron chi connectivity index (χ0n) is 16.2. The van der Waals surface area contributed by atoms with Gasteiger partial charge in [0.1, 0.15) is 5.75 Å². The Bertz CT molecular complexity index is 1140. The first-order chi connectivity index (χ1) is 14.5. The van der Waals surface area contributed by atoms with Crippen molar-refractivity contribution in [2.45, 2.75) is 18.2 Å². The van der Waals surface area contributed by atoms with E-state index in [-0.39, 0.29) is 17.8 Å². The standard InChI is InChI=1S/C20H18BrN5O2S2/c1-12(28-14-9-7-13(21)8-10-14)18-24-25-20(26(18)2)29-11-17(27)23-19-22-15-5-3-4-6-16(15)30-19/h3-10,12H,11H2,1-2H3,(H,22,23,27). The second-order valence-electron chi connectivity index (χ2n) is 6.44. The van der Waals surface area contributed by atoms with Crippen molar-refractivity contribution in [2.24, 2.45) is 7.05 Å². The van der Waals surface area contributed by atoms with E-state index in [1.807, 2.05) is 67.1 Å². The van der Waals surface area contributed by atoms with E-state index < -0.39 is 0 Å². The molecule has 1 N–H and O–H groups in total. The maximum Gasteiger partial charge on any atom is 0.236 e. The smallest absolute Gasteiger partial charge is 0.236 e. The van der Waals surface area contributed by atoms with E-state index in [4.69, 9.17) is 4.74 Å². The van der Waals surface area contributed by atoms with Gasteiger partial charge in [-0.2, -0.15) is 0 Å². The quantitative estimate of drug-likeness (QED) is 0.355. The summed E-state index contributed by atoms with van der Waals surface area (Å²) in [4.78, 5) is 16.8. The molecule has 0 aliphatic carbocycles. The van der Waals surface area contributed by atoms with Crippen LogP contribution in [0.15, 0.2) is 58.2 Å². The highest BCUT2D eigenvalue weighted by Gasteiger charge is 2.18. The third kappa shape index (κ3) is 4.82. The van der Waals surface area contributed by atoms with Gasteiger partial charge < -0.3 is 14.6 Å². The van der Waals surface area contributed by atoms with Crippen LogP contribution in [0.3, 0.4) is 0 Å². The van der Waals surface area contributed by atoms with Crippen LogP contribution in [0.4, 0.5) is 5.13 Å². The molecule has 7 nitrogen and oxygen atoms in total. The van der Waals surface area contributed by atoms with Crippen LogP contribution in [-0.2, 0) is 11.8 Å². The van der Waals surface area contributed by atoms with Gasteiger partial charge in [-0.05, 0) is 43.3 Å². The largest absolute Gasteiger partial charge is 0.483 e. The molecule has 0 saturated carbocycles. The molecular weight excluding hydrogens is 486 g/mol. The zero-order valence-corrected chi connectivity index (χ0v) is 19.4. The molecule has 0 bridgehead atoms. The van der Waals surface area contributed by atoms with Crippen LogP contribution in [0.25, 0.3) is 10.2 Å². The Hall–Kier alpha value is -2.43. The Balaban J connectivity index is 1.35. The first-order valence-electron chi connectivity index (χ1n) is 9.09. The number of nitrogens with one attached hydrogen (secondary N) is 1. The molecule has 1 amide bonds. The van der Waals surface area contributed by atoms with Crippen LogP contribution in [0.5, 0.6) is 5.75 Å². The van der Waals surface area contributed by atoms with E-state index >= 15 is 0 Å². The van der Waals surface area contributed by atoms with E-state index in [1.165, 1.54) is 23.1 Å². The number of nitrogens with zero attached hydrogens (tertiary/aromatic N) is 4. The summed E-state index contributed by atoms with van der Waals surface area (Å²) < 4.78 is 9.82. The number of rotatable bonds is 7. The molecule has 0 fully saturated rings. The monoisotopic (exact) mass is 503 g/mol. The lowest BCUT2D eigenvalue weighted by atomic mass is 10.3. The van der Waals surface area contributed by atoms with Gasteiger partial charge in [-0.15, -0.1) is 10.2 Å². The number of hydrogen-bond donors (Lipinski definition) is 1. The summed E-state index contributed by atoms with van der Waals surface area (Å²) in [5.41, 5.74) is 0.878. The third-order valence-electron chi connectivity index (χ3n) is 4.23. The molecule has 4 rings (SSSR count). The number of carbonyl (C=O) groups excluding carboxylic acids is 1. The predicted octanol–water partition coefficient (Wildman–Crippen LogP) is 5.06. The summed E-state index contributed by atoms with van der Waals surface area (Å²) in [5.74, 6) is 1.51. The van der Waals surface area contributed by atoms with Crippen molar-refractivity contribution in [3.63, 3.8) is 0 Å². The van der Waals surface area contributed by atoms with Crippen LogP contribution >= 0.6 is 39.0 Å². The number of hydrogen-bond acceptors (Lipinski definition) is 7. The molecule has 0 radical (unpaired) electrons. The number of fused-ring (bicyclic) bond motifs is 1. The molecule has 2 aromatic heterocycles. The minimum absolute atomic E-state index is 0.136. The van der Waals surface area contributed by atoms with Gasteiger partial charge in [0.15, 0.2) is 22.2 Å². The number of ether oxygens (including phenoxy) is 1. The Morgan fingerprint density at radius 3 is 2.77 bits per heavy atom. The van der Waals surface area contributed by atoms with Gasteiger partial charge in [0.25, 0.3) is 0 Å². The van der Waals surface area contributed by atoms with E-state index in [1.54, 1.807) is 0 Å². The molecule has 10 heteroatoms. The highest BCUT2D eigenvalue weighted by Crippen LogP contribution is 2.27. The SMILES string of the molecule is CC(Oc1ccc(Br)cc1)c1nnc(SCC(=O)Nc2nc3ccccc3s2)n1C. The maximum absolute atomic E-state index is 12.3. The summed E-state index contributed by atoms with van der Waals surface area (Å²) in [6, 6.07) is 15.4.